The van der Waals surface area contributed by atoms with Gasteiger partial charge in [-0.25, -0.2) is 8.00 Å². The molecule has 0 bridgehead atoms. The van der Waals surface area contributed by atoms with Crippen molar-refractivity contribution in [3.05, 3.63) is 0 Å². The zero-order valence-corrected chi connectivity index (χ0v) is 14.1. The molecule has 0 aliphatic heterocycles. The van der Waals surface area contributed by atoms with Gasteiger partial charge in [-0.05, 0) is 27.2 Å². The molecule has 0 aliphatic carbocycles. The van der Waals surface area contributed by atoms with Crippen LogP contribution in [0.5, 0.6) is 0 Å². The monoisotopic (exact) mass is 321 g/mol. The Balaban J connectivity index is 4.91. The lowest BCUT2D eigenvalue weighted by Crippen LogP contribution is -2.40. The maximum Gasteiger partial charge on any atom is 0.312 e. The Morgan fingerprint density at radius 2 is 1.88 bits per heavy atom. The number of rotatable bonds is 5. The van der Waals surface area contributed by atoms with Gasteiger partial charge in [-0.1, -0.05) is 6.92 Å². The molecule has 0 fully saturated rings. The molecular formula is C9H18F2O2P3S-. The Labute approximate surface area is 108 Å². The lowest BCUT2D eigenvalue weighted by molar-refractivity contribution is -0.168. The number of carbonyl (C=O) groups excluding carboxylic acids is 1. The molecule has 0 saturated heterocycles. The normalized spacial score (nSPS) is 15.5. The van der Waals surface area contributed by atoms with E-state index in [0.29, 0.717) is 6.42 Å². The van der Waals surface area contributed by atoms with Gasteiger partial charge in [-0.3, -0.25) is 4.79 Å². The second-order valence-electron chi connectivity index (χ2n) is 4.46. The molecule has 0 amide bonds. The lowest BCUT2D eigenvalue weighted by atomic mass is 9.91. The minimum atomic E-state index is -3.23. The highest BCUT2D eigenvalue weighted by Crippen LogP contribution is 2.39. The maximum absolute atomic E-state index is 13.8. The SMILES string of the molecule is CCC(C)(C)C(=O)OC(C)C(F)(F)S(=P)(=P)[PH-]. The molecule has 8 heteroatoms. The van der Waals surface area contributed by atoms with E-state index in [2.05, 4.69) is 24.5 Å². The van der Waals surface area contributed by atoms with Gasteiger partial charge in [0.15, 0.2) is 6.10 Å². The van der Waals surface area contributed by atoms with Gasteiger partial charge < -0.3 is 13.2 Å². The van der Waals surface area contributed by atoms with Crippen LogP contribution >= 0.6 is 24.5 Å². The van der Waals surface area contributed by atoms with Gasteiger partial charge in [-0.2, -0.15) is 8.78 Å². The van der Waals surface area contributed by atoms with Crippen LogP contribution in [0.25, 0.3) is 0 Å². The second-order valence-corrected chi connectivity index (χ2v) is 15.4. The second kappa shape index (κ2) is 5.78. The van der Waals surface area contributed by atoms with Crippen LogP contribution in [0, 0.1) is 5.41 Å². The van der Waals surface area contributed by atoms with Crippen molar-refractivity contribution in [2.24, 2.45) is 5.41 Å². The van der Waals surface area contributed by atoms with Gasteiger partial charge in [0.25, 0.3) is 0 Å². The fourth-order valence-electron chi connectivity index (χ4n) is 0.782. The van der Waals surface area contributed by atoms with Crippen LogP contribution in [-0.4, -0.2) is 17.3 Å². The zero-order chi connectivity index (χ0) is 14.1. The van der Waals surface area contributed by atoms with Crippen LogP contribution in [0.3, 0.4) is 0 Å². The first kappa shape index (κ1) is 17.7. The van der Waals surface area contributed by atoms with Gasteiger partial charge in [0, 0.05) is 0 Å². The number of halogens is 2. The van der Waals surface area contributed by atoms with Gasteiger partial charge in [0.1, 0.15) is 0 Å². The third-order valence-electron chi connectivity index (χ3n) is 2.60. The van der Waals surface area contributed by atoms with E-state index in [4.69, 9.17) is 4.74 Å². The Morgan fingerprint density at radius 3 is 2.18 bits per heavy atom. The molecule has 1 atom stereocenters. The third-order valence-corrected chi connectivity index (χ3v) is 6.20. The van der Waals surface area contributed by atoms with Gasteiger partial charge >= 0.3 is 11.2 Å². The molecule has 0 N–H and O–H groups in total. The predicted octanol–water partition coefficient (Wildman–Crippen LogP) is 4.27. The van der Waals surface area contributed by atoms with E-state index in [1.54, 1.807) is 20.8 Å². The van der Waals surface area contributed by atoms with E-state index in [1.165, 1.54) is 6.92 Å². The number of ether oxygens (including phenoxy) is 1. The summed E-state index contributed by atoms with van der Waals surface area (Å²) in [6.45, 7) is 6.30. The average Bonchev–Trinajstić information content (AvgIpc) is 2.15. The van der Waals surface area contributed by atoms with E-state index in [-0.39, 0.29) is 0 Å². The Morgan fingerprint density at radius 1 is 1.47 bits per heavy atom. The highest BCUT2D eigenvalue weighted by molar-refractivity contribution is 8.68. The summed E-state index contributed by atoms with van der Waals surface area (Å²) in [5.74, 6) is -0.624. The lowest BCUT2D eigenvalue weighted by Gasteiger charge is -2.34. The molecule has 1 unspecified atom stereocenters. The Hall–Kier alpha value is 0.710. The van der Waals surface area contributed by atoms with Crippen LogP contribution in [0.15, 0.2) is 0 Å². The molecule has 0 aromatic heterocycles. The van der Waals surface area contributed by atoms with Crippen LogP contribution in [0.1, 0.15) is 34.1 Å². The fraction of sp³-hybridized carbons (Fsp3) is 0.889. The molecule has 0 aromatic carbocycles. The third kappa shape index (κ3) is 4.39. The summed E-state index contributed by atoms with van der Waals surface area (Å²) in [5, 5.41) is -3.23. The van der Waals surface area contributed by atoms with Crippen molar-refractivity contribution in [1.82, 2.24) is 0 Å². The smallest absolute Gasteiger partial charge is 0.312 e. The molecule has 0 heterocycles. The van der Waals surface area contributed by atoms with E-state index in [0.717, 1.165) is 0 Å². The predicted molar refractivity (Wildman–Crippen MR) is 76.9 cm³/mol. The Bertz CT molecular complexity index is 393. The molecule has 2 nitrogen and oxygen atoms in total. The maximum atomic E-state index is 13.8. The van der Waals surface area contributed by atoms with Crippen molar-refractivity contribution in [1.29, 1.82) is 0 Å². The van der Waals surface area contributed by atoms with E-state index in [1.807, 2.05) is 0 Å². The molecule has 0 radical (unpaired) electrons. The topological polar surface area (TPSA) is 26.3 Å². The van der Waals surface area contributed by atoms with Crippen molar-refractivity contribution in [3.63, 3.8) is 0 Å². The summed E-state index contributed by atoms with van der Waals surface area (Å²) in [5.41, 5.74) is -0.758. The van der Waals surface area contributed by atoms with Crippen molar-refractivity contribution < 1.29 is 18.3 Å². The summed E-state index contributed by atoms with van der Waals surface area (Å²) in [7, 11) is 5.95. The Kier molecular flexibility index (Phi) is 6.02. The number of hydrogen-bond acceptors (Lipinski definition) is 2. The number of hydrogen-bond donors (Lipinski definition) is 0. The van der Waals surface area contributed by atoms with Crippen LogP contribution in [-0.2, 0) is 17.5 Å². The quantitative estimate of drug-likeness (QED) is 0.558. The van der Waals surface area contributed by atoms with Crippen molar-refractivity contribution in [2.75, 3.05) is 0 Å². The first-order valence-electron chi connectivity index (χ1n) is 5.02. The fourth-order valence-corrected chi connectivity index (χ4v) is 2.82. The first-order valence-corrected chi connectivity index (χ1v) is 10.3. The highest BCUT2D eigenvalue weighted by Gasteiger charge is 2.41. The first-order chi connectivity index (χ1) is 7.36. The zero-order valence-electron chi connectivity index (χ0n) is 10.3. The van der Waals surface area contributed by atoms with Gasteiger partial charge in [0.2, 0.25) is 0 Å². The number of esters is 1. The summed E-state index contributed by atoms with van der Waals surface area (Å²) in [6, 6.07) is 0. The minimum Gasteiger partial charge on any atom is -0.483 e. The van der Waals surface area contributed by atoms with Crippen molar-refractivity contribution >= 4 is 38.4 Å². The highest BCUT2D eigenvalue weighted by atomic mass is 33.1. The molecular weight excluding hydrogens is 303 g/mol. The standard InChI is InChI=1S/C9H18F2O2P3S/c1-5-8(3,4)7(12)13-6(2)9(10,11)17(14,15)16/h6,14-16H,5H2,1-4H3/q-1. The molecule has 0 spiro atoms. The van der Waals surface area contributed by atoms with E-state index in [9.17, 15) is 13.6 Å². The van der Waals surface area contributed by atoms with E-state index >= 15 is 0 Å². The number of alkyl halides is 2. The summed E-state index contributed by atoms with van der Waals surface area (Å²) >= 11 is 0. The minimum absolute atomic E-state index is 0.526. The van der Waals surface area contributed by atoms with Crippen molar-refractivity contribution in [3.8, 4) is 0 Å². The number of carbonyl (C=O) groups is 1. The summed E-state index contributed by atoms with van der Waals surface area (Å²) in [6.07, 6.45) is -0.999. The average molecular weight is 321 g/mol. The molecule has 0 saturated carbocycles. The molecule has 0 aromatic rings. The van der Waals surface area contributed by atoms with Crippen LogP contribution < -0.4 is 0 Å². The molecule has 0 rings (SSSR count). The van der Waals surface area contributed by atoms with Crippen LogP contribution in [0.2, 0.25) is 0 Å². The van der Waals surface area contributed by atoms with Gasteiger partial charge in [-0.15, -0.1) is 16.0 Å². The summed E-state index contributed by atoms with van der Waals surface area (Å²) in [4.78, 5) is 11.7. The van der Waals surface area contributed by atoms with Crippen molar-refractivity contribution in [2.45, 2.75) is 45.5 Å². The summed E-state index contributed by atoms with van der Waals surface area (Å²) < 4.78 is 32.4. The molecule has 102 valence electrons. The largest absolute Gasteiger partial charge is 0.483 e. The van der Waals surface area contributed by atoms with E-state index < -0.39 is 30.7 Å². The molecule has 0 aliphatic rings. The van der Waals surface area contributed by atoms with Gasteiger partial charge in [0.05, 0.1) is 5.41 Å². The van der Waals surface area contributed by atoms with Crippen LogP contribution in [0.4, 0.5) is 8.78 Å². The molecule has 17 heavy (non-hydrogen) atoms.